The van der Waals surface area contributed by atoms with Crippen molar-refractivity contribution in [2.24, 2.45) is 0 Å². The van der Waals surface area contributed by atoms with Gasteiger partial charge in [0.05, 0.1) is 16.8 Å². The first kappa shape index (κ1) is 19.4. The SMILES string of the molecule is Cc1ccc(C(=O)Nc2cccc(Oc3cccc(C(F)(F)F)c3)c2)c(C)n1. The molecule has 1 aromatic heterocycles. The van der Waals surface area contributed by atoms with Crippen molar-refractivity contribution in [3.63, 3.8) is 0 Å². The molecule has 4 nitrogen and oxygen atoms in total. The molecule has 1 heterocycles. The van der Waals surface area contributed by atoms with Gasteiger partial charge in [-0.3, -0.25) is 9.78 Å². The van der Waals surface area contributed by atoms with E-state index < -0.39 is 11.7 Å². The fourth-order valence-corrected chi connectivity index (χ4v) is 2.63. The first-order valence-electron chi connectivity index (χ1n) is 8.43. The monoisotopic (exact) mass is 386 g/mol. The second kappa shape index (κ2) is 7.72. The molecule has 0 aliphatic heterocycles. The summed E-state index contributed by atoms with van der Waals surface area (Å²) in [5.74, 6) is 0.0222. The Morgan fingerprint density at radius 1 is 0.964 bits per heavy atom. The van der Waals surface area contributed by atoms with E-state index >= 15 is 0 Å². The van der Waals surface area contributed by atoms with Gasteiger partial charge in [-0.05, 0) is 56.3 Å². The lowest BCUT2D eigenvalue weighted by atomic mass is 10.1. The minimum atomic E-state index is -4.45. The fourth-order valence-electron chi connectivity index (χ4n) is 2.63. The maximum Gasteiger partial charge on any atom is 0.416 e. The number of pyridine rings is 1. The number of benzene rings is 2. The number of nitrogens with one attached hydrogen (secondary N) is 1. The predicted octanol–water partition coefficient (Wildman–Crippen LogP) is 5.76. The summed E-state index contributed by atoms with van der Waals surface area (Å²) in [6.45, 7) is 3.58. The summed E-state index contributed by atoms with van der Waals surface area (Å²) in [7, 11) is 0. The molecule has 1 N–H and O–H groups in total. The van der Waals surface area contributed by atoms with Gasteiger partial charge in [-0.2, -0.15) is 13.2 Å². The number of rotatable bonds is 4. The first-order chi connectivity index (χ1) is 13.2. The van der Waals surface area contributed by atoms with Crippen molar-refractivity contribution in [2.45, 2.75) is 20.0 Å². The average Bonchev–Trinajstić information content (AvgIpc) is 2.61. The molecule has 144 valence electrons. The zero-order chi connectivity index (χ0) is 20.3. The summed E-state index contributed by atoms with van der Waals surface area (Å²) in [5.41, 5.74) is 1.51. The number of anilines is 1. The Hall–Kier alpha value is -3.35. The number of nitrogens with zero attached hydrogens (tertiary/aromatic N) is 1. The lowest BCUT2D eigenvalue weighted by Crippen LogP contribution is -2.14. The molecule has 0 spiro atoms. The molecule has 0 fully saturated rings. The van der Waals surface area contributed by atoms with Crippen LogP contribution in [0, 0.1) is 13.8 Å². The summed E-state index contributed by atoms with van der Waals surface area (Å²) >= 11 is 0. The van der Waals surface area contributed by atoms with E-state index in [0.717, 1.165) is 17.8 Å². The lowest BCUT2D eigenvalue weighted by molar-refractivity contribution is -0.137. The van der Waals surface area contributed by atoms with Crippen molar-refractivity contribution >= 4 is 11.6 Å². The van der Waals surface area contributed by atoms with Gasteiger partial charge in [0.25, 0.3) is 5.91 Å². The number of alkyl halides is 3. The third-order valence-corrected chi connectivity index (χ3v) is 3.96. The van der Waals surface area contributed by atoms with Crippen molar-refractivity contribution in [3.8, 4) is 11.5 Å². The second-order valence-electron chi connectivity index (χ2n) is 6.20. The number of halogens is 3. The molecule has 0 atom stereocenters. The Balaban J connectivity index is 1.76. The highest BCUT2D eigenvalue weighted by Gasteiger charge is 2.30. The van der Waals surface area contributed by atoms with Crippen LogP contribution in [-0.4, -0.2) is 10.9 Å². The van der Waals surface area contributed by atoms with Crippen molar-refractivity contribution in [1.82, 2.24) is 4.98 Å². The maximum absolute atomic E-state index is 12.8. The van der Waals surface area contributed by atoms with Gasteiger partial charge >= 0.3 is 6.18 Å². The molecule has 0 aliphatic carbocycles. The highest BCUT2D eigenvalue weighted by Crippen LogP contribution is 2.33. The number of aromatic nitrogens is 1. The van der Waals surface area contributed by atoms with Crippen LogP contribution in [0.15, 0.2) is 60.7 Å². The molecule has 0 saturated heterocycles. The number of aryl methyl sites for hydroxylation is 2. The lowest BCUT2D eigenvalue weighted by Gasteiger charge is -2.12. The van der Waals surface area contributed by atoms with E-state index in [-0.39, 0.29) is 11.7 Å². The van der Waals surface area contributed by atoms with E-state index in [1.54, 1.807) is 37.3 Å². The highest BCUT2D eigenvalue weighted by atomic mass is 19.4. The Morgan fingerprint density at radius 3 is 2.32 bits per heavy atom. The summed E-state index contributed by atoms with van der Waals surface area (Å²) in [5, 5.41) is 2.74. The summed E-state index contributed by atoms with van der Waals surface area (Å²) in [6, 6.07) is 14.5. The third-order valence-electron chi connectivity index (χ3n) is 3.96. The third kappa shape index (κ3) is 4.68. The first-order valence-corrected chi connectivity index (χ1v) is 8.43. The van der Waals surface area contributed by atoms with Crippen LogP contribution in [0.4, 0.5) is 18.9 Å². The standard InChI is InChI=1S/C21H17F3N2O2/c1-13-9-10-19(14(2)25-13)20(27)26-16-6-4-8-18(12-16)28-17-7-3-5-15(11-17)21(22,23)24/h3-12H,1-2H3,(H,26,27). The molecular formula is C21H17F3N2O2. The normalized spacial score (nSPS) is 11.2. The molecule has 0 aliphatic rings. The molecule has 3 aromatic rings. The Kier molecular flexibility index (Phi) is 5.35. The van der Waals surface area contributed by atoms with Gasteiger partial charge in [0.1, 0.15) is 11.5 Å². The van der Waals surface area contributed by atoms with Crippen LogP contribution in [0.5, 0.6) is 11.5 Å². The molecule has 3 rings (SSSR count). The Bertz CT molecular complexity index is 1020. The largest absolute Gasteiger partial charge is 0.457 e. The minimum Gasteiger partial charge on any atom is -0.457 e. The number of carbonyl (C=O) groups excluding carboxylic acids is 1. The smallest absolute Gasteiger partial charge is 0.416 e. The quantitative estimate of drug-likeness (QED) is 0.620. The van der Waals surface area contributed by atoms with Gasteiger partial charge in [0.2, 0.25) is 0 Å². The number of hydrogen-bond acceptors (Lipinski definition) is 3. The Morgan fingerprint density at radius 2 is 1.64 bits per heavy atom. The topological polar surface area (TPSA) is 51.2 Å². The van der Waals surface area contributed by atoms with E-state index in [1.807, 2.05) is 6.92 Å². The van der Waals surface area contributed by atoms with Crippen LogP contribution in [0.2, 0.25) is 0 Å². The minimum absolute atomic E-state index is 0.0527. The van der Waals surface area contributed by atoms with E-state index in [0.29, 0.717) is 22.7 Å². The average molecular weight is 386 g/mol. The van der Waals surface area contributed by atoms with E-state index in [2.05, 4.69) is 10.3 Å². The van der Waals surface area contributed by atoms with E-state index in [4.69, 9.17) is 4.74 Å². The summed E-state index contributed by atoms with van der Waals surface area (Å²) < 4.78 is 44.0. The van der Waals surface area contributed by atoms with Gasteiger partial charge in [-0.25, -0.2) is 0 Å². The van der Waals surface area contributed by atoms with Crippen molar-refractivity contribution in [2.75, 3.05) is 5.32 Å². The number of ether oxygens (including phenoxy) is 1. The van der Waals surface area contributed by atoms with Crippen LogP contribution in [0.25, 0.3) is 0 Å². The van der Waals surface area contributed by atoms with Gasteiger partial charge < -0.3 is 10.1 Å². The summed E-state index contributed by atoms with van der Waals surface area (Å²) in [4.78, 5) is 16.7. The molecular weight excluding hydrogens is 369 g/mol. The van der Waals surface area contributed by atoms with Gasteiger partial charge in [0, 0.05) is 17.4 Å². The molecule has 0 unspecified atom stereocenters. The van der Waals surface area contributed by atoms with Crippen LogP contribution >= 0.6 is 0 Å². The molecule has 7 heteroatoms. The van der Waals surface area contributed by atoms with Gasteiger partial charge in [0.15, 0.2) is 0 Å². The van der Waals surface area contributed by atoms with Crippen molar-refractivity contribution in [3.05, 3.63) is 83.2 Å². The molecule has 1 amide bonds. The summed E-state index contributed by atoms with van der Waals surface area (Å²) in [6.07, 6.45) is -4.45. The predicted molar refractivity (Wildman–Crippen MR) is 99.6 cm³/mol. The molecule has 0 bridgehead atoms. The second-order valence-corrected chi connectivity index (χ2v) is 6.20. The highest BCUT2D eigenvalue weighted by molar-refractivity contribution is 6.05. The fraction of sp³-hybridized carbons (Fsp3) is 0.143. The number of hydrogen-bond donors (Lipinski definition) is 1. The zero-order valence-corrected chi connectivity index (χ0v) is 15.2. The van der Waals surface area contributed by atoms with Crippen LogP contribution in [0.1, 0.15) is 27.3 Å². The number of carbonyl (C=O) groups is 1. The van der Waals surface area contributed by atoms with Crippen LogP contribution in [-0.2, 0) is 6.18 Å². The maximum atomic E-state index is 12.8. The van der Waals surface area contributed by atoms with E-state index in [1.165, 1.54) is 18.2 Å². The van der Waals surface area contributed by atoms with Crippen molar-refractivity contribution in [1.29, 1.82) is 0 Å². The molecule has 2 aromatic carbocycles. The molecule has 0 saturated carbocycles. The van der Waals surface area contributed by atoms with E-state index in [9.17, 15) is 18.0 Å². The zero-order valence-electron chi connectivity index (χ0n) is 15.2. The molecule has 0 radical (unpaired) electrons. The van der Waals surface area contributed by atoms with Gasteiger partial charge in [-0.1, -0.05) is 12.1 Å². The number of amides is 1. The van der Waals surface area contributed by atoms with Crippen LogP contribution < -0.4 is 10.1 Å². The van der Waals surface area contributed by atoms with Crippen molar-refractivity contribution < 1.29 is 22.7 Å². The molecule has 28 heavy (non-hydrogen) atoms. The van der Waals surface area contributed by atoms with Gasteiger partial charge in [-0.15, -0.1) is 0 Å². The Labute approximate surface area is 160 Å². The van der Waals surface area contributed by atoms with Crippen LogP contribution in [0.3, 0.4) is 0 Å².